The van der Waals surface area contributed by atoms with Gasteiger partial charge in [-0.15, -0.1) is 0 Å². The fraction of sp³-hybridized carbons (Fsp3) is 0.769. The van der Waals surface area contributed by atoms with Gasteiger partial charge >= 0.3 is 5.97 Å². The van der Waals surface area contributed by atoms with Crippen molar-refractivity contribution in [2.45, 2.75) is 170 Å². The van der Waals surface area contributed by atoms with Gasteiger partial charge in [-0.1, -0.05) is 75.5 Å². The quantitative estimate of drug-likeness (QED) is 0.0887. The van der Waals surface area contributed by atoms with Gasteiger partial charge in [0.05, 0.1) is 29.5 Å². The van der Waals surface area contributed by atoms with Gasteiger partial charge in [0.1, 0.15) is 18.0 Å². The second-order valence-corrected chi connectivity index (χ2v) is 22.7. The summed E-state index contributed by atoms with van der Waals surface area (Å²) in [7, 11) is 0. The van der Waals surface area contributed by atoms with Crippen molar-refractivity contribution in [1.82, 2.24) is 5.32 Å². The minimum atomic E-state index is -1.71. The van der Waals surface area contributed by atoms with Gasteiger partial charge in [-0.05, 0) is 142 Å². The van der Waals surface area contributed by atoms with Crippen LogP contribution in [0.4, 0.5) is 0 Å². The lowest BCUT2D eigenvalue weighted by Gasteiger charge is -2.73. The molecule has 9 heteroatoms. The Labute approximate surface area is 361 Å². The van der Waals surface area contributed by atoms with Crippen LogP contribution < -0.4 is 5.32 Å². The largest absolute Gasteiger partial charge is 0.454 e. The maximum absolute atomic E-state index is 14.6. The van der Waals surface area contributed by atoms with Crippen molar-refractivity contribution in [1.29, 1.82) is 0 Å². The summed E-state index contributed by atoms with van der Waals surface area (Å²) in [6.45, 7) is 2.15. The number of nitrogens with one attached hydrogen (secondary N) is 1. The van der Waals surface area contributed by atoms with Crippen LogP contribution in [0.5, 0.6) is 0 Å². The molecule has 16 atom stereocenters. The predicted octanol–water partition coefficient (Wildman–Crippen LogP) is 6.15. The molecule has 9 aliphatic carbocycles. The fourth-order valence-corrected chi connectivity index (χ4v) is 18.6. The first-order chi connectivity index (χ1) is 29.4. The van der Waals surface area contributed by atoms with Crippen LogP contribution in [-0.2, 0) is 20.7 Å². The summed E-state index contributed by atoms with van der Waals surface area (Å²) in [6, 6.07) is 7.87. The topological polar surface area (TPSA) is 157 Å². The second-order valence-electron chi connectivity index (χ2n) is 22.7. The van der Waals surface area contributed by atoms with Crippen molar-refractivity contribution in [3.63, 3.8) is 0 Å². The summed E-state index contributed by atoms with van der Waals surface area (Å²) >= 11 is 0. The van der Waals surface area contributed by atoms with Crippen molar-refractivity contribution >= 4 is 12.3 Å². The highest BCUT2D eigenvalue weighted by atomic mass is 16.5. The number of aldehydes is 1. The Kier molecular flexibility index (Phi) is 9.76. The number of benzene rings is 1. The number of aliphatic hydroxyl groups is 5. The highest BCUT2D eigenvalue weighted by Gasteiger charge is 2.84. The maximum atomic E-state index is 14.6. The first kappa shape index (κ1) is 41.1. The molecule has 1 aromatic carbocycles. The third-order valence-corrected chi connectivity index (χ3v) is 20.9. The van der Waals surface area contributed by atoms with Crippen LogP contribution in [0.15, 0.2) is 35.9 Å². The molecular weight excluding hydrogens is 767 g/mol. The average molecular weight is 836 g/mol. The van der Waals surface area contributed by atoms with Crippen molar-refractivity contribution in [3.8, 4) is 11.8 Å². The zero-order chi connectivity index (χ0) is 42.2. The zero-order valence-corrected chi connectivity index (χ0v) is 36.2. The van der Waals surface area contributed by atoms with Gasteiger partial charge in [-0.2, -0.15) is 0 Å². The Morgan fingerprint density at radius 1 is 0.951 bits per heavy atom. The Balaban J connectivity index is 1.08. The summed E-state index contributed by atoms with van der Waals surface area (Å²) < 4.78 is 6.26. The number of carbonyl (C=O) groups is 2. The van der Waals surface area contributed by atoms with E-state index in [-0.39, 0.29) is 48.8 Å². The molecule has 0 radical (unpaired) electrons. The summed E-state index contributed by atoms with van der Waals surface area (Å²) in [5, 5.41) is 69.0. The molecule has 0 aromatic heterocycles. The zero-order valence-electron chi connectivity index (χ0n) is 36.2. The van der Waals surface area contributed by atoms with Crippen molar-refractivity contribution < 1.29 is 39.9 Å². The molecule has 11 rings (SSSR count). The third-order valence-electron chi connectivity index (χ3n) is 20.9. The second kappa shape index (κ2) is 14.5. The molecule has 4 bridgehead atoms. The minimum Gasteiger partial charge on any atom is -0.454 e. The number of esters is 1. The van der Waals surface area contributed by atoms with E-state index in [0.29, 0.717) is 76.0 Å². The molecule has 1 aliphatic heterocycles. The van der Waals surface area contributed by atoms with Crippen LogP contribution in [0.25, 0.3) is 0 Å². The van der Waals surface area contributed by atoms with Gasteiger partial charge in [0.25, 0.3) is 0 Å². The normalized spacial score (nSPS) is 48.6. The molecule has 1 heterocycles. The molecule has 8 fully saturated rings. The molecule has 6 N–H and O–H groups in total. The maximum Gasteiger partial charge on any atom is 0.331 e. The lowest BCUT2D eigenvalue weighted by atomic mass is 9.33. The highest BCUT2D eigenvalue weighted by Crippen LogP contribution is 2.79. The summed E-state index contributed by atoms with van der Waals surface area (Å²) in [4.78, 5) is 28.1. The van der Waals surface area contributed by atoms with Gasteiger partial charge in [0.2, 0.25) is 0 Å². The first-order valence-corrected chi connectivity index (χ1v) is 24.5. The molecule has 16 unspecified atom stereocenters. The number of rotatable bonds is 5. The van der Waals surface area contributed by atoms with E-state index in [1.807, 2.05) is 18.2 Å². The first-order valence-electron chi connectivity index (χ1n) is 24.5. The van der Waals surface area contributed by atoms with E-state index in [0.717, 1.165) is 55.1 Å². The Hall–Kier alpha value is -2.58. The summed E-state index contributed by atoms with van der Waals surface area (Å²) in [6.07, 6.45) is 16.2. The molecule has 10 aliphatic rings. The third kappa shape index (κ3) is 5.42. The lowest BCUT2D eigenvalue weighted by Crippen LogP contribution is -2.82. The average Bonchev–Trinajstić information content (AvgIpc) is 4.05. The number of fused-ring (bicyclic) bond motifs is 7. The van der Waals surface area contributed by atoms with Gasteiger partial charge in [-0.25, -0.2) is 4.79 Å². The van der Waals surface area contributed by atoms with Gasteiger partial charge < -0.3 is 35.1 Å². The van der Waals surface area contributed by atoms with Crippen LogP contribution in [0, 0.1) is 81.3 Å². The SMILES string of the molecule is CC(C1CCCC1)C1CCC2C(O)C3(CCCC3)CC3(C=O)C4CCC56CCC#Cc7ccccc7CC(NCO)C7CC(CC5(O)C4(O)CC(C1)C23O)C6C1=CC(=O)OC17. The van der Waals surface area contributed by atoms with E-state index in [1.165, 1.54) is 25.7 Å². The standard InChI is InChI=1S/C52H69NO8/c1-31(32-10-2-3-11-32)34-15-16-40-46(57)47(18-8-9-19-47)28-49(29-54)42-17-21-48-20-7-6-13-33-12-4-5-14-35(33)24-41(53-30-55)38-23-36(44(48)39-25-43(56)61-45(38)39)26-51(48,59)50(42,58)27-37(22-34)52(40,49)60/h4-5,12,14,25,29,31-32,34,36-38,40-42,44-46,53,55,57-60H,2-3,7-11,15-24,26-28,30H2,1H3. The highest BCUT2D eigenvalue weighted by molar-refractivity contribution is 5.86. The molecular formula is C52H69NO8. The van der Waals surface area contributed by atoms with E-state index in [9.17, 15) is 35.1 Å². The van der Waals surface area contributed by atoms with E-state index in [4.69, 9.17) is 4.74 Å². The molecule has 0 saturated heterocycles. The van der Waals surface area contributed by atoms with E-state index in [1.54, 1.807) is 6.08 Å². The van der Waals surface area contributed by atoms with E-state index < -0.39 is 63.0 Å². The molecule has 9 nitrogen and oxygen atoms in total. The summed E-state index contributed by atoms with van der Waals surface area (Å²) in [5.41, 5.74) is -4.70. The van der Waals surface area contributed by atoms with Crippen molar-refractivity contribution in [2.24, 2.45) is 69.5 Å². The van der Waals surface area contributed by atoms with E-state index in [2.05, 4.69) is 30.1 Å². The predicted molar refractivity (Wildman–Crippen MR) is 228 cm³/mol. The lowest BCUT2D eigenvalue weighted by molar-refractivity contribution is -0.354. The van der Waals surface area contributed by atoms with Crippen molar-refractivity contribution in [2.75, 3.05) is 6.73 Å². The van der Waals surface area contributed by atoms with Gasteiger partial charge in [0, 0.05) is 47.3 Å². The number of carbonyl (C=O) groups excluding carboxylic acids is 2. The smallest absolute Gasteiger partial charge is 0.331 e. The van der Waals surface area contributed by atoms with Crippen LogP contribution >= 0.6 is 0 Å². The molecule has 330 valence electrons. The molecule has 61 heavy (non-hydrogen) atoms. The van der Waals surface area contributed by atoms with Gasteiger partial charge in [-0.3, -0.25) is 5.32 Å². The van der Waals surface area contributed by atoms with Crippen molar-refractivity contribution in [3.05, 3.63) is 47.0 Å². The number of aliphatic hydroxyl groups excluding tert-OH is 2. The molecule has 1 aromatic rings. The number of hydrogen-bond acceptors (Lipinski definition) is 9. The molecule has 2 spiro atoms. The minimum absolute atomic E-state index is 0.0962. The van der Waals surface area contributed by atoms with Crippen LogP contribution in [0.3, 0.4) is 0 Å². The monoisotopic (exact) mass is 836 g/mol. The Bertz CT molecular complexity index is 2030. The number of ether oxygens (including phenoxy) is 1. The van der Waals surface area contributed by atoms with Gasteiger partial charge in [0.15, 0.2) is 0 Å². The Morgan fingerprint density at radius 2 is 1.74 bits per heavy atom. The van der Waals surface area contributed by atoms with Crippen LogP contribution in [-0.4, -0.2) is 79.6 Å². The Morgan fingerprint density at radius 3 is 2.51 bits per heavy atom. The van der Waals surface area contributed by atoms with Crippen LogP contribution in [0.2, 0.25) is 0 Å². The molecule has 0 amide bonds. The van der Waals surface area contributed by atoms with E-state index >= 15 is 0 Å². The van der Waals surface area contributed by atoms with Crippen LogP contribution in [0.1, 0.15) is 140 Å². The summed E-state index contributed by atoms with van der Waals surface area (Å²) in [5.74, 6) is 5.74. The fourth-order valence-electron chi connectivity index (χ4n) is 18.6. The molecule has 8 saturated carbocycles. The number of hydrogen-bond donors (Lipinski definition) is 6.